The first-order chi connectivity index (χ1) is 8.08. The molecule has 88 valence electrons. The second kappa shape index (κ2) is 4.37. The van der Waals surface area contributed by atoms with Gasteiger partial charge in [0.1, 0.15) is 11.5 Å². The van der Waals surface area contributed by atoms with E-state index in [0.29, 0.717) is 11.4 Å². The highest BCUT2D eigenvalue weighted by Gasteiger charge is 2.13. The molecule has 2 rings (SSSR count). The van der Waals surface area contributed by atoms with Crippen molar-refractivity contribution in [1.29, 1.82) is 0 Å². The predicted octanol–water partition coefficient (Wildman–Crippen LogP) is 1.95. The molecule has 1 aromatic heterocycles. The number of nitrogens with zero attached hydrogens (tertiary/aromatic N) is 2. The van der Waals surface area contributed by atoms with E-state index < -0.39 is 11.8 Å². The van der Waals surface area contributed by atoms with Gasteiger partial charge in [0.25, 0.3) is 0 Å². The molecule has 0 bridgehead atoms. The maximum atomic E-state index is 13.6. The Morgan fingerprint density at radius 1 is 1.47 bits per heavy atom. The number of hydrogen-bond donors (Lipinski definition) is 1. The number of benzene rings is 1. The summed E-state index contributed by atoms with van der Waals surface area (Å²) in [7, 11) is 0. The molecule has 0 atom stereocenters. The fourth-order valence-electron chi connectivity index (χ4n) is 1.67. The standard InChI is InChI=1S/C12H11FN2O2/c1-8-6-9(7-12(16)17)15(14-8)11-5-3-2-4-10(11)13/h2-6H,7H2,1H3,(H,16,17). The minimum absolute atomic E-state index is 0.185. The number of para-hydroxylation sites is 1. The molecule has 0 radical (unpaired) electrons. The number of rotatable bonds is 3. The molecule has 0 saturated carbocycles. The fourth-order valence-corrected chi connectivity index (χ4v) is 1.67. The van der Waals surface area contributed by atoms with Crippen molar-refractivity contribution in [2.75, 3.05) is 0 Å². The largest absolute Gasteiger partial charge is 0.481 e. The first kappa shape index (κ1) is 11.3. The Morgan fingerprint density at radius 3 is 2.82 bits per heavy atom. The lowest BCUT2D eigenvalue weighted by atomic mass is 10.2. The predicted molar refractivity (Wildman–Crippen MR) is 59.6 cm³/mol. The third-order valence-electron chi connectivity index (χ3n) is 2.32. The molecule has 0 aliphatic carbocycles. The van der Waals surface area contributed by atoms with E-state index in [0.717, 1.165) is 0 Å². The lowest BCUT2D eigenvalue weighted by Gasteiger charge is -2.06. The highest BCUT2D eigenvalue weighted by Crippen LogP contribution is 2.16. The van der Waals surface area contributed by atoms with Gasteiger partial charge in [0, 0.05) is 0 Å². The Morgan fingerprint density at radius 2 is 2.18 bits per heavy atom. The van der Waals surface area contributed by atoms with E-state index in [9.17, 15) is 9.18 Å². The summed E-state index contributed by atoms with van der Waals surface area (Å²) in [5, 5.41) is 12.9. The lowest BCUT2D eigenvalue weighted by Crippen LogP contribution is -2.09. The second-order valence-corrected chi connectivity index (χ2v) is 3.71. The Balaban J connectivity index is 2.51. The molecule has 0 unspecified atom stereocenters. The average molecular weight is 234 g/mol. The van der Waals surface area contributed by atoms with Gasteiger partial charge in [-0.3, -0.25) is 4.79 Å². The Kier molecular flexibility index (Phi) is 2.91. The molecular formula is C12H11FN2O2. The number of aryl methyl sites for hydroxylation is 1. The molecule has 2 aromatic rings. The van der Waals surface area contributed by atoms with Gasteiger partial charge in [-0.15, -0.1) is 0 Å². The summed E-state index contributed by atoms with van der Waals surface area (Å²) >= 11 is 0. The molecule has 4 nitrogen and oxygen atoms in total. The van der Waals surface area contributed by atoms with Crippen LogP contribution in [0.5, 0.6) is 0 Å². The number of carboxylic acids is 1. The number of aliphatic carboxylic acids is 1. The molecule has 0 amide bonds. The van der Waals surface area contributed by atoms with Crippen LogP contribution in [0.4, 0.5) is 4.39 Å². The minimum atomic E-state index is -0.970. The summed E-state index contributed by atoms with van der Waals surface area (Å²) in [6, 6.07) is 7.77. The van der Waals surface area contributed by atoms with Crippen LogP contribution in [-0.2, 0) is 11.2 Å². The van der Waals surface area contributed by atoms with Crippen LogP contribution < -0.4 is 0 Å². The van der Waals surface area contributed by atoms with E-state index >= 15 is 0 Å². The van der Waals surface area contributed by atoms with Crippen molar-refractivity contribution in [3.8, 4) is 5.69 Å². The van der Waals surface area contributed by atoms with E-state index in [1.54, 1.807) is 31.2 Å². The van der Waals surface area contributed by atoms with Gasteiger partial charge < -0.3 is 5.11 Å². The van der Waals surface area contributed by atoms with Crippen molar-refractivity contribution in [2.45, 2.75) is 13.3 Å². The molecule has 17 heavy (non-hydrogen) atoms. The summed E-state index contributed by atoms with van der Waals surface area (Å²) < 4.78 is 14.9. The number of carboxylic acid groups (broad SMARTS) is 1. The molecule has 0 aliphatic rings. The summed E-state index contributed by atoms with van der Waals surface area (Å²) in [6.07, 6.45) is -0.185. The summed E-state index contributed by atoms with van der Waals surface area (Å²) in [5.41, 5.74) is 1.38. The summed E-state index contributed by atoms with van der Waals surface area (Å²) in [5.74, 6) is -1.40. The van der Waals surface area contributed by atoms with Crippen LogP contribution in [0.15, 0.2) is 30.3 Å². The molecule has 1 N–H and O–H groups in total. The molecule has 0 spiro atoms. The van der Waals surface area contributed by atoms with Crippen LogP contribution in [0.2, 0.25) is 0 Å². The van der Waals surface area contributed by atoms with Gasteiger partial charge in [-0.05, 0) is 25.1 Å². The Bertz CT molecular complexity index is 563. The zero-order chi connectivity index (χ0) is 12.4. The van der Waals surface area contributed by atoms with Gasteiger partial charge >= 0.3 is 5.97 Å². The molecular weight excluding hydrogens is 223 g/mol. The second-order valence-electron chi connectivity index (χ2n) is 3.71. The quantitative estimate of drug-likeness (QED) is 0.883. The van der Waals surface area contributed by atoms with Crippen LogP contribution in [0.25, 0.3) is 5.69 Å². The first-order valence-electron chi connectivity index (χ1n) is 5.10. The van der Waals surface area contributed by atoms with Crippen LogP contribution >= 0.6 is 0 Å². The zero-order valence-corrected chi connectivity index (χ0v) is 9.22. The van der Waals surface area contributed by atoms with Gasteiger partial charge in [0.05, 0.1) is 17.8 Å². The van der Waals surface area contributed by atoms with Crippen molar-refractivity contribution in [1.82, 2.24) is 9.78 Å². The SMILES string of the molecule is Cc1cc(CC(=O)O)n(-c2ccccc2F)n1. The van der Waals surface area contributed by atoms with Gasteiger partial charge in [-0.2, -0.15) is 5.10 Å². The lowest BCUT2D eigenvalue weighted by molar-refractivity contribution is -0.136. The normalized spacial score (nSPS) is 10.5. The molecule has 0 aliphatic heterocycles. The number of hydrogen-bond acceptors (Lipinski definition) is 2. The summed E-state index contributed by atoms with van der Waals surface area (Å²) in [4.78, 5) is 10.7. The molecule has 5 heteroatoms. The van der Waals surface area contributed by atoms with Gasteiger partial charge in [0.2, 0.25) is 0 Å². The van der Waals surface area contributed by atoms with Crippen LogP contribution in [0.3, 0.4) is 0 Å². The third kappa shape index (κ3) is 2.33. The average Bonchev–Trinajstić information content (AvgIpc) is 2.59. The molecule has 1 aromatic carbocycles. The minimum Gasteiger partial charge on any atom is -0.481 e. The Hall–Kier alpha value is -2.17. The van der Waals surface area contributed by atoms with Crippen molar-refractivity contribution in [3.05, 3.63) is 47.5 Å². The van der Waals surface area contributed by atoms with Crippen molar-refractivity contribution in [2.24, 2.45) is 0 Å². The maximum Gasteiger partial charge on any atom is 0.309 e. The van der Waals surface area contributed by atoms with E-state index in [1.165, 1.54) is 10.7 Å². The van der Waals surface area contributed by atoms with E-state index in [1.807, 2.05) is 0 Å². The van der Waals surface area contributed by atoms with Crippen LogP contribution in [-0.4, -0.2) is 20.9 Å². The van der Waals surface area contributed by atoms with Gasteiger partial charge in [-0.1, -0.05) is 12.1 Å². The molecule has 1 heterocycles. The third-order valence-corrected chi connectivity index (χ3v) is 2.32. The molecule has 0 saturated heterocycles. The number of carbonyl (C=O) groups is 1. The highest BCUT2D eigenvalue weighted by molar-refractivity contribution is 5.69. The molecule has 0 fully saturated rings. The number of halogens is 1. The number of aromatic nitrogens is 2. The van der Waals surface area contributed by atoms with Crippen LogP contribution in [0, 0.1) is 12.7 Å². The monoisotopic (exact) mass is 234 g/mol. The van der Waals surface area contributed by atoms with E-state index in [-0.39, 0.29) is 12.1 Å². The van der Waals surface area contributed by atoms with Crippen molar-refractivity contribution < 1.29 is 14.3 Å². The topological polar surface area (TPSA) is 55.1 Å². The summed E-state index contributed by atoms with van der Waals surface area (Å²) in [6.45, 7) is 1.74. The zero-order valence-electron chi connectivity index (χ0n) is 9.22. The smallest absolute Gasteiger partial charge is 0.309 e. The van der Waals surface area contributed by atoms with Gasteiger partial charge in [0.15, 0.2) is 0 Å². The fraction of sp³-hybridized carbons (Fsp3) is 0.167. The van der Waals surface area contributed by atoms with Crippen molar-refractivity contribution in [3.63, 3.8) is 0 Å². The van der Waals surface area contributed by atoms with Crippen molar-refractivity contribution >= 4 is 5.97 Å². The van der Waals surface area contributed by atoms with Gasteiger partial charge in [-0.25, -0.2) is 9.07 Å². The Labute approximate surface area is 97.3 Å². The first-order valence-corrected chi connectivity index (χ1v) is 5.10. The maximum absolute atomic E-state index is 13.6. The van der Waals surface area contributed by atoms with E-state index in [2.05, 4.69) is 5.10 Å². The van der Waals surface area contributed by atoms with Crippen LogP contribution in [0.1, 0.15) is 11.4 Å². The highest BCUT2D eigenvalue weighted by atomic mass is 19.1. The van der Waals surface area contributed by atoms with E-state index in [4.69, 9.17) is 5.11 Å².